The first-order chi connectivity index (χ1) is 11.2. The fourth-order valence-corrected chi connectivity index (χ4v) is 3.22. The van der Waals surface area contributed by atoms with Gasteiger partial charge in [-0.25, -0.2) is 0 Å². The molecule has 23 heavy (non-hydrogen) atoms. The molecule has 0 aromatic heterocycles. The summed E-state index contributed by atoms with van der Waals surface area (Å²) in [6, 6.07) is 7.47. The molecule has 2 aliphatic rings. The van der Waals surface area contributed by atoms with Crippen LogP contribution < -0.4 is 10.1 Å². The normalized spacial score (nSPS) is 27.6. The Bertz CT molecular complexity index is 520. The third kappa shape index (κ3) is 4.45. The summed E-state index contributed by atoms with van der Waals surface area (Å²) in [4.78, 5) is 12.5. The van der Waals surface area contributed by atoms with Gasteiger partial charge in [0, 0.05) is 12.6 Å². The van der Waals surface area contributed by atoms with Crippen molar-refractivity contribution in [2.75, 3.05) is 13.2 Å². The maximum atomic E-state index is 12.5. The van der Waals surface area contributed by atoms with E-state index >= 15 is 0 Å². The topological polar surface area (TPSA) is 67.8 Å². The minimum Gasteiger partial charge on any atom is -0.490 e. The summed E-state index contributed by atoms with van der Waals surface area (Å²) >= 11 is 0. The van der Waals surface area contributed by atoms with Crippen molar-refractivity contribution in [1.82, 2.24) is 5.32 Å². The van der Waals surface area contributed by atoms with E-state index in [2.05, 4.69) is 5.32 Å². The highest BCUT2D eigenvalue weighted by Gasteiger charge is 2.23. The van der Waals surface area contributed by atoms with Crippen molar-refractivity contribution >= 4 is 5.91 Å². The molecule has 1 aromatic carbocycles. The molecule has 1 saturated carbocycles. The standard InChI is InChI=1S/C18H25NO4/c20-14-9-7-13(8-10-14)19-18(21)16-5-1-2-6-17(16)23-12-15-4-3-11-22-15/h1-2,5-6,13-15,20H,3-4,7-12H2,(H,19,21). The van der Waals surface area contributed by atoms with Gasteiger partial charge < -0.3 is 19.9 Å². The van der Waals surface area contributed by atoms with Crippen LogP contribution in [0.25, 0.3) is 0 Å². The Morgan fingerprint density at radius 2 is 2.00 bits per heavy atom. The summed E-state index contributed by atoms with van der Waals surface area (Å²) in [5, 5.41) is 12.6. The molecule has 1 aromatic rings. The molecule has 1 saturated heterocycles. The SMILES string of the molecule is O=C(NC1CCC(O)CC1)c1ccccc1OCC1CCCO1. The number of benzene rings is 1. The third-order valence-corrected chi connectivity index (χ3v) is 4.61. The van der Waals surface area contributed by atoms with Crippen LogP contribution in [-0.4, -0.2) is 42.5 Å². The van der Waals surface area contributed by atoms with Crippen LogP contribution in [0.1, 0.15) is 48.9 Å². The second kappa shape index (κ2) is 7.79. The number of hydrogen-bond acceptors (Lipinski definition) is 4. The summed E-state index contributed by atoms with van der Waals surface area (Å²) in [5.74, 6) is 0.505. The van der Waals surface area contributed by atoms with Gasteiger partial charge in [0.15, 0.2) is 0 Å². The fourth-order valence-electron chi connectivity index (χ4n) is 3.22. The second-order valence-electron chi connectivity index (χ2n) is 6.42. The summed E-state index contributed by atoms with van der Waals surface area (Å²) in [6.07, 6.45) is 5.15. The highest BCUT2D eigenvalue weighted by Crippen LogP contribution is 2.22. The van der Waals surface area contributed by atoms with Crippen LogP contribution in [0.5, 0.6) is 5.75 Å². The molecular weight excluding hydrogens is 294 g/mol. The van der Waals surface area contributed by atoms with E-state index in [0.717, 1.165) is 45.1 Å². The molecule has 0 spiro atoms. The number of rotatable bonds is 5. The Labute approximate surface area is 137 Å². The molecule has 5 nitrogen and oxygen atoms in total. The monoisotopic (exact) mass is 319 g/mol. The van der Waals surface area contributed by atoms with E-state index in [-0.39, 0.29) is 24.2 Å². The number of nitrogens with one attached hydrogen (secondary N) is 1. The maximum absolute atomic E-state index is 12.5. The molecule has 126 valence electrons. The van der Waals surface area contributed by atoms with Gasteiger partial charge in [-0.05, 0) is 50.7 Å². The molecule has 5 heteroatoms. The molecule has 3 rings (SSSR count). The number of carbonyl (C=O) groups excluding carboxylic acids is 1. The highest BCUT2D eigenvalue weighted by molar-refractivity contribution is 5.97. The first-order valence-corrected chi connectivity index (χ1v) is 8.55. The van der Waals surface area contributed by atoms with Gasteiger partial charge >= 0.3 is 0 Å². The van der Waals surface area contributed by atoms with Crippen molar-refractivity contribution in [3.8, 4) is 5.75 Å². The van der Waals surface area contributed by atoms with Crippen LogP contribution in [0.4, 0.5) is 0 Å². The molecule has 1 heterocycles. The molecule has 1 unspecified atom stereocenters. The molecule has 2 fully saturated rings. The molecule has 1 aliphatic carbocycles. The predicted molar refractivity (Wildman–Crippen MR) is 86.6 cm³/mol. The molecule has 0 bridgehead atoms. The second-order valence-corrected chi connectivity index (χ2v) is 6.42. The van der Waals surface area contributed by atoms with Gasteiger partial charge in [0.2, 0.25) is 0 Å². The summed E-state index contributed by atoms with van der Waals surface area (Å²) in [6.45, 7) is 1.28. The third-order valence-electron chi connectivity index (χ3n) is 4.61. The molecule has 1 aliphatic heterocycles. The average molecular weight is 319 g/mol. The molecule has 2 N–H and O–H groups in total. The number of carbonyl (C=O) groups is 1. The van der Waals surface area contributed by atoms with Crippen molar-refractivity contribution in [2.45, 2.75) is 56.8 Å². The predicted octanol–water partition coefficient (Wildman–Crippen LogP) is 2.28. The van der Waals surface area contributed by atoms with Crippen molar-refractivity contribution in [3.05, 3.63) is 29.8 Å². The Kier molecular flexibility index (Phi) is 5.51. The Balaban J connectivity index is 1.58. The minimum absolute atomic E-state index is 0.102. The van der Waals surface area contributed by atoms with E-state index in [4.69, 9.17) is 9.47 Å². The van der Waals surface area contributed by atoms with Crippen LogP contribution in [0.2, 0.25) is 0 Å². The van der Waals surface area contributed by atoms with Crippen LogP contribution in [0.3, 0.4) is 0 Å². The lowest BCUT2D eigenvalue weighted by atomic mass is 9.93. The smallest absolute Gasteiger partial charge is 0.255 e. The quantitative estimate of drug-likeness (QED) is 0.874. The van der Waals surface area contributed by atoms with Crippen LogP contribution in [0.15, 0.2) is 24.3 Å². The maximum Gasteiger partial charge on any atom is 0.255 e. The fraction of sp³-hybridized carbons (Fsp3) is 0.611. The molecule has 1 atom stereocenters. The van der Waals surface area contributed by atoms with Gasteiger partial charge in [-0.1, -0.05) is 12.1 Å². The van der Waals surface area contributed by atoms with Gasteiger partial charge in [-0.2, -0.15) is 0 Å². The molecular formula is C18H25NO4. The molecule has 0 radical (unpaired) electrons. The molecule has 1 amide bonds. The summed E-state index contributed by atoms with van der Waals surface area (Å²) in [5.41, 5.74) is 0.566. The number of ether oxygens (including phenoxy) is 2. The Hall–Kier alpha value is -1.59. The zero-order valence-electron chi connectivity index (χ0n) is 13.4. The highest BCUT2D eigenvalue weighted by atomic mass is 16.5. The van der Waals surface area contributed by atoms with E-state index in [0.29, 0.717) is 17.9 Å². The number of aliphatic hydroxyl groups is 1. The Morgan fingerprint density at radius 3 is 2.74 bits per heavy atom. The minimum atomic E-state index is -0.217. The first kappa shape index (κ1) is 16.3. The van der Waals surface area contributed by atoms with E-state index in [1.54, 1.807) is 6.07 Å². The van der Waals surface area contributed by atoms with E-state index < -0.39 is 0 Å². The van der Waals surface area contributed by atoms with Crippen molar-refractivity contribution < 1.29 is 19.4 Å². The van der Waals surface area contributed by atoms with Crippen LogP contribution >= 0.6 is 0 Å². The Morgan fingerprint density at radius 1 is 1.22 bits per heavy atom. The van der Waals surface area contributed by atoms with Gasteiger partial charge in [-0.15, -0.1) is 0 Å². The van der Waals surface area contributed by atoms with E-state index in [1.165, 1.54) is 0 Å². The largest absolute Gasteiger partial charge is 0.490 e. The lowest BCUT2D eigenvalue weighted by Gasteiger charge is -2.26. The summed E-state index contributed by atoms with van der Waals surface area (Å²) < 4.78 is 11.4. The number of amides is 1. The summed E-state index contributed by atoms with van der Waals surface area (Å²) in [7, 11) is 0. The number of aliphatic hydroxyl groups excluding tert-OH is 1. The van der Waals surface area contributed by atoms with E-state index in [1.807, 2.05) is 18.2 Å². The number of para-hydroxylation sites is 1. The van der Waals surface area contributed by atoms with Crippen molar-refractivity contribution in [2.24, 2.45) is 0 Å². The van der Waals surface area contributed by atoms with Crippen molar-refractivity contribution in [3.63, 3.8) is 0 Å². The first-order valence-electron chi connectivity index (χ1n) is 8.55. The van der Waals surface area contributed by atoms with Gasteiger partial charge in [0.25, 0.3) is 5.91 Å². The lowest BCUT2D eigenvalue weighted by molar-refractivity contribution is 0.0668. The van der Waals surface area contributed by atoms with Gasteiger partial charge in [0.1, 0.15) is 12.4 Å². The van der Waals surface area contributed by atoms with Crippen LogP contribution in [-0.2, 0) is 4.74 Å². The van der Waals surface area contributed by atoms with Gasteiger partial charge in [0.05, 0.1) is 17.8 Å². The van der Waals surface area contributed by atoms with Gasteiger partial charge in [-0.3, -0.25) is 4.79 Å². The van der Waals surface area contributed by atoms with E-state index in [9.17, 15) is 9.90 Å². The van der Waals surface area contributed by atoms with Crippen molar-refractivity contribution in [1.29, 1.82) is 0 Å². The number of hydrogen-bond donors (Lipinski definition) is 2. The lowest BCUT2D eigenvalue weighted by Crippen LogP contribution is -2.38. The van der Waals surface area contributed by atoms with Crippen LogP contribution in [0, 0.1) is 0 Å². The zero-order valence-corrected chi connectivity index (χ0v) is 13.4. The zero-order chi connectivity index (χ0) is 16.1. The average Bonchev–Trinajstić information content (AvgIpc) is 3.09.